The van der Waals surface area contributed by atoms with Gasteiger partial charge in [-0.15, -0.1) is 0 Å². The fourth-order valence-electron chi connectivity index (χ4n) is 9.54. The number of fused-ring (bicyclic) bond motifs is 7. The summed E-state index contributed by atoms with van der Waals surface area (Å²) in [7, 11) is 0. The van der Waals surface area contributed by atoms with Crippen molar-refractivity contribution in [1.29, 1.82) is 0 Å². The van der Waals surface area contributed by atoms with E-state index in [2.05, 4.69) is 40.7 Å². The number of ether oxygens (including phenoxy) is 1. The molecular weight excluding hydrogens is 424 g/mol. The van der Waals surface area contributed by atoms with Gasteiger partial charge in [0.05, 0.1) is 5.92 Å². The Morgan fingerprint density at radius 1 is 1.09 bits per heavy atom. The molecule has 3 saturated carbocycles. The van der Waals surface area contributed by atoms with E-state index in [9.17, 15) is 14.4 Å². The first-order valence-electron chi connectivity index (χ1n) is 13.4. The minimum Gasteiger partial charge on any atom is -0.462 e. The lowest BCUT2D eigenvalue weighted by atomic mass is 9.41. The Morgan fingerprint density at radius 2 is 1.79 bits per heavy atom. The van der Waals surface area contributed by atoms with Gasteiger partial charge in [-0.2, -0.15) is 0 Å². The van der Waals surface area contributed by atoms with Crippen LogP contribution in [-0.2, 0) is 19.1 Å². The number of Topliss-reactive ketones (excluding diaryl/α,β-unsaturated/α-hetero) is 1. The second-order valence-electron chi connectivity index (χ2n) is 13.6. The van der Waals surface area contributed by atoms with Crippen LogP contribution in [0.3, 0.4) is 0 Å². The zero-order chi connectivity index (χ0) is 24.8. The van der Waals surface area contributed by atoms with E-state index < -0.39 is 5.41 Å². The molecule has 0 aromatic heterocycles. The molecular formula is C30H42O4. The quantitative estimate of drug-likeness (QED) is 0.365. The van der Waals surface area contributed by atoms with Gasteiger partial charge in [0.15, 0.2) is 5.78 Å². The highest BCUT2D eigenvalue weighted by atomic mass is 16.6. The van der Waals surface area contributed by atoms with E-state index in [1.54, 1.807) is 0 Å². The van der Waals surface area contributed by atoms with E-state index in [4.69, 9.17) is 4.74 Å². The predicted octanol–water partition coefficient (Wildman–Crippen LogP) is 6.24. The van der Waals surface area contributed by atoms with E-state index in [1.165, 1.54) is 11.1 Å². The fraction of sp³-hybridized carbons (Fsp3) is 0.767. The molecule has 0 amide bonds. The summed E-state index contributed by atoms with van der Waals surface area (Å²) in [6, 6.07) is 0. The molecule has 0 aromatic rings. The Kier molecular flexibility index (Phi) is 5.22. The van der Waals surface area contributed by atoms with Crippen LogP contribution in [0, 0.1) is 45.3 Å². The first-order valence-corrected chi connectivity index (χ1v) is 13.4. The first kappa shape index (κ1) is 24.0. The molecule has 4 fully saturated rings. The van der Waals surface area contributed by atoms with Crippen molar-refractivity contribution in [1.82, 2.24) is 0 Å². The van der Waals surface area contributed by atoms with E-state index in [-0.39, 0.29) is 57.6 Å². The number of carbonyl (C=O) groups excluding carboxylic acids is 3. The summed E-state index contributed by atoms with van der Waals surface area (Å²) in [6.45, 7) is 15.2. The maximum absolute atomic E-state index is 13.7. The number of carbonyl (C=O) groups is 3. The number of hydrogen-bond acceptors (Lipinski definition) is 4. The van der Waals surface area contributed by atoms with Gasteiger partial charge >= 0.3 is 5.97 Å². The van der Waals surface area contributed by atoms with Crippen molar-refractivity contribution in [3.63, 3.8) is 0 Å². The molecule has 0 bridgehead atoms. The molecule has 1 heterocycles. The lowest BCUT2D eigenvalue weighted by Gasteiger charge is -2.62. The first-order chi connectivity index (χ1) is 15.8. The minimum atomic E-state index is -0.606. The number of ketones is 2. The molecule has 4 aliphatic carbocycles. The van der Waals surface area contributed by atoms with Gasteiger partial charge in [0.25, 0.3) is 0 Å². The Labute approximate surface area is 205 Å². The third-order valence-electron chi connectivity index (χ3n) is 11.4. The van der Waals surface area contributed by atoms with Crippen molar-refractivity contribution in [2.45, 2.75) is 99.5 Å². The summed E-state index contributed by atoms with van der Waals surface area (Å²) in [5.41, 5.74) is 1.57. The Morgan fingerprint density at radius 3 is 2.47 bits per heavy atom. The van der Waals surface area contributed by atoms with E-state index >= 15 is 0 Å². The molecule has 5 aliphatic rings. The van der Waals surface area contributed by atoms with Crippen molar-refractivity contribution in [3.8, 4) is 0 Å². The van der Waals surface area contributed by atoms with Gasteiger partial charge in [0.2, 0.25) is 0 Å². The summed E-state index contributed by atoms with van der Waals surface area (Å²) in [6.07, 6.45) is 10.1. The monoisotopic (exact) mass is 466 g/mol. The maximum Gasteiger partial charge on any atom is 0.309 e. The van der Waals surface area contributed by atoms with Crippen molar-refractivity contribution in [3.05, 3.63) is 23.3 Å². The summed E-state index contributed by atoms with van der Waals surface area (Å²) < 4.78 is 6.05. The van der Waals surface area contributed by atoms with Gasteiger partial charge in [0, 0.05) is 23.7 Å². The molecule has 5 rings (SSSR count). The SMILES string of the molecule is CC(C)=CCC[C@H]1C(=O)O[C@@H]2C[C@@]3(C)C4=CC(=O)[C@@H]5C(C)(C)C(=O)CC[C@@]5(C)[C@@H]4CC[C@]3(C)[C@H]21. The zero-order valence-electron chi connectivity index (χ0n) is 22.1. The number of esters is 1. The Balaban J connectivity index is 1.54. The summed E-state index contributed by atoms with van der Waals surface area (Å²) in [4.78, 5) is 39.5. The van der Waals surface area contributed by atoms with Gasteiger partial charge < -0.3 is 4.74 Å². The molecule has 0 spiro atoms. The summed E-state index contributed by atoms with van der Waals surface area (Å²) in [5, 5.41) is 0. The topological polar surface area (TPSA) is 60.4 Å². The van der Waals surface area contributed by atoms with Crippen LogP contribution in [0.25, 0.3) is 0 Å². The van der Waals surface area contributed by atoms with Crippen molar-refractivity contribution in [2.75, 3.05) is 0 Å². The highest BCUT2D eigenvalue weighted by molar-refractivity contribution is 6.01. The molecule has 1 saturated heterocycles. The molecule has 8 atom stereocenters. The van der Waals surface area contributed by atoms with Crippen molar-refractivity contribution >= 4 is 17.5 Å². The number of rotatable bonds is 3. The molecule has 0 N–H and O–H groups in total. The standard InChI is InChI=1S/C30H42O4/c1-17(2)9-8-10-18-24-22(34-26(18)33)16-30(7)20-15-21(31)25-27(3,4)23(32)12-13-28(25,5)19(20)11-14-29(24,30)6/h9,15,18-19,22,24-25H,8,10-14,16H2,1-7H3/t18-,19-,22-,24+,25-,28+,29-,30+/m1/s1. The van der Waals surface area contributed by atoms with Gasteiger partial charge in [-0.05, 0) is 80.6 Å². The average molecular weight is 467 g/mol. The van der Waals surface area contributed by atoms with E-state index in [1.807, 2.05) is 19.9 Å². The number of hydrogen-bond donors (Lipinski definition) is 0. The normalized spacial score (nSPS) is 46.6. The van der Waals surface area contributed by atoms with Crippen LogP contribution < -0.4 is 0 Å². The van der Waals surface area contributed by atoms with Crippen LogP contribution in [0.5, 0.6) is 0 Å². The van der Waals surface area contributed by atoms with Crippen LogP contribution >= 0.6 is 0 Å². The molecule has 0 unspecified atom stereocenters. The summed E-state index contributed by atoms with van der Waals surface area (Å²) in [5.74, 6) is 0.592. The minimum absolute atomic E-state index is 0.0178. The Hall–Kier alpha value is -1.71. The molecule has 0 radical (unpaired) electrons. The van der Waals surface area contributed by atoms with Gasteiger partial charge in [-0.25, -0.2) is 0 Å². The van der Waals surface area contributed by atoms with Crippen molar-refractivity contribution < 1.29 is 19.1 Å². The zero-order valence-corrected chi connectivity index (χ0v) is 22.1. The summed E-state index contributed by atoms with van der Waals surface area (Å²) >= 11 is 0. The van der Waals surface area contributed by atoms with Gasteiger partial charge in [0.1, 0.15) is 11.9 Å². The third-order valence-corrected chi connectivity index (χ3v) is 11.4. The van der Waals surface area contributed by atoms with Crippen LogP contribution in [0.4, 0.5) is 0 Å². The number of allylic oxidation sites excluding steroid dienone is 4. The molecule has 4 heteroatoms. The lowest BCUT2D eigenvalue weighted by Crippen LogP contribution is -2.59. The fourth-order valence-corrected chi connectivity index (χ4v) is 9.54. The molecule has 1 aliphatic heterocycles. The smallest absolute Gasteiger partial charge is 0.309 e. The van der Waals surface area contributed by atoms with Crippen LogP contribution in [0.2, 0.25) is 0 Å². The third kappa shape index (κ3) is 2.92. The van der Waals surface area contributed by atoms with E-state index in [0.29, 0.717) is 12.3 Å². The van der Waals surface area contributed by atoms with Crippen molar-refractivity contribution in [2.24, 2.45) is 45.3 Å². The average Bonchev–Trinajstić information content (AvgIpc) is 3.15. The second-order valence-corrected chi connectivity index (χ2v) is 13.6. The molecule has 4 nitrogen and oxygen atoms in total. The maximum atomic E-state index is 13.7. The largest absolute Gasteiger partial charge is 0.462 e. The highest BCUT2D eigenvalue weighted by Gasteiger charge is 2.71. The molecule has 186 valence electrons. The molecule has 34 heavy (non-hydrogen) atoms. The van der Waals surface area contributed by atoms with Gasteiger partial charge in [-0.1, -0.05) is 51.8 Å². The highest BCUT2D eigenvalue weighted by Crippen LogP contribution is 2.74. The van der Waals surface area contributed by atoms with Crippen LogP contribution in [0.15, 0.2) is 23.3 Å². The second kappa shape index (κ2) is 7.40. The van der Waals surface area contributed by atoms with Crippen LogP contribution in [-0.4, -0.2) is 23.6 Å². The van der Waals surface area contributed by atoms with E-state index in [0.717, 1.165) is 38.5 Å². The van der Waals surface area contributed by atoms with Crippen LogP contribution in [0.1, 0.15) is 93.4 Å². The molecule has 0 aromatic carbocycles. The van der Waals surface area contributed by atoms with Gasteiger partial charge in [-0.3, -0.25) is 14.4 Å². The Bertz CT molecular complexity index is 1010. The predicted molar refractivity (Wildman–Crippen MR) is 132 cm³/mol. The lowest BCUT2D eigenvalue weighted by molar-refractivity contribution is -0.156.